The quantitative estimate of drug-likeness (QED) is 0.259. The molecule has 236 valence electrons. The molecule has 2 aliphatic rings. The molecule has 2 aromatic carbocycles. The molecule has 1 amide bonds. The molecule has 0 aromatic heterocycles. The first-order valence-corrected chi connectivity index (χ1v) is 15.1. The summed E-state index contributed by atoms with van der Waals surface area (Å²) in [6, 6.07) is 10.6. The number of rotatable bonds is 17. The largest absolute Gasteiger partial charge is 0.493 e. The number of carboxylic acids is 1. The fraction of sp³-hybridized carbons (Fsp3) is 0.562. The second kappa shape index (κ2) is 15.7. The number of nitrogens with zero attached hydrogens (tertiary/aromatic N) is 2. The molecule has 4 rings (SSSR count). The van der Waals surface area contributed by atoms with Gasteiger partial charge in [0, 0.05) is 31.6 Å². The van der Waals surface area contributed by atoms with Crippen molar-refractivity contribution < 1.29 is 38.4 Å². The normalized spacial score (nSPS) is 19.3. The zero-order valence-corrected chi connectivity index (χ0v) is 25.5. The number of methoxy groups -OCH3 is 2. The summed E-state index contributed by atoms with van der Waals surface area (Å²) in [7, 11) is 3.12. The van der Waals surface area contributed by atoms with Gasteiger partial charge in [-0.1, -0.05) is 25.5 Å². The number of carboxylic acid groups (broad SMARTS) is 1. The summed E-state index contributed by atoms with van der Waals surface area (Å²) in [6.07, 6.45) is 3.96. The van der Waals surface area contributed by atoms with Crippen LogP contribution in [0, 0.1) is 5.92 Å². The maximum absolute atomic E-state index is 13.7. The third kappa shape index (κ3) is 7.83. The average molecular weight is 600 g/mol. The summed E-state index contributed by atoms with van der Waals surface area (Å²) in [6.45, 7) is 4.82. The standard InChI is InChI=1S/C32H45N3O8/c1-4-5-14-34(15-9-8-13-33)29(36)20-35-19-23(22-17-27(40-3)31-28(18-22)42-21-43-31)30(32(37)38)24(35)12-16-41-26-11-7-6-10-25(26)39-2/h6-7,10-11,17-18,23-24,30H,4-5,8-9,12-16,19-21,33H2,1-3H3,(H,37,38). The zero-order chi connectivity index (χ0) is 30.8. The number of unbranched alkanes of at least 4 members (excludes halogenated alkanes) is 2. The molecule has 11 heteroatoms. The van der Waals surface area contributed by atoms with E-state index in [9.17, 15) is 14.7 Å². The van der Waals surface area contributed by atoms with Crippen LogP contribution >= 0.6 is 0 Å². The van der Waals surface area contributed by atoms with Crippen LogP contribution in [-0.2, 0) is 9.59 Å². The number of nitrogens with two attached hydrogens (primary N) is 1. The molecule has 1 saturated heterocycles. The van der Waals surface area contributed by atoms with Crippen molar-refractivity contribution in [2.24, 2.45) is 11.7 Å². The van der Waals surface area contributed by atoms with Crippen molar-refractivity contribution in [3.8, 4) is 28.7 Å². The minimum absolute atomic E-state index is 0.00539. The Kier molecular flexibility index (Phi) is 11.7. The number of carbonyl (C=O) groups excluding carboxylic acids is 1. The first-order chi connectivity index (χ1) is 20.9. The highest BCUT2D eigenvalue weighted by atomic mass is 16.7. The number of aliphatic carboxylic acids is 1. The Morgan fingerprint density at radius 1 is 1.05 bits per heavy atom. The predicted octanol–water partition coefficient (Wildman–Crippen LogP) is 3.74. The number of carbonyl (C=O) groups is 2. The summed E-state index contributed by atoms with van der Waals surface area (Å²) < 4.78 is 28.2. The van der Waals surface area contributed by atoms with E-state index in [0.717, 1.165) is 31.2 Å². The molecule has 0 bridgehead atoms. The highest BCUT2D eigenvalue weighted by Gasteiger charge is 2.47. The third-order valence-electron chi connectivity index (χ3n) is 8.24. The van der Waals surface area contributed by atoms with Crippen LogP contribution in [-0.4, -0.2) is 93.2 Å². The van der Waals surface area contributed by atoms with Gasteiger partial charge in [-0.25, -0.2) is 0 Å². The predicted molar refractivity (Wildman–Crippen MR) is 161 cm³/mol. The van der Waals surface area contributed by atoms with Gasteiger partial charge in [0.1, 0.15) is 0 Å². The Bertz CT molecular complexity index is 1230. The number of amides is 1. The van der Waals surface area contributed by atoms with Crippen molar-refractivity contribution in [3.63, 3.8) is 0 Å². The number of benzene rings is 2. The van der Waals surface area contributed by atoms with Gasteiger partial charge in [0.25, 0.3) is 0 Å². The van der Waals surface area contributed by atoms with Crippen molar-refractivity contribution in [2.45, 2.75) is 51.0 Å². The molecule has 43 heavy (non-hydrogen) atoms. The van der Waals surface area contributed by atoms with E-state index in [1.54, 1.807) is 14.2 Å². The number of hydrogen-bond donors (Lipinski definition) is 2. The van der Waals surface area contributed by atoms with E-state index in [1.165, 1.54) is 0 Å². The molecule has 0 aliphatic carbocycles. The smallest absolute Gasteiger partial charge is 0.308 e. The maximum Gasteiger partial charge on any atom is 0.308 e. The monoisotopic (exact) mass is 599 g/mol. The van der Waals surface area contributed by atoms with E-state index in [2.05, 4.69) is 6.92 Å². The molecule has 2 aromatic rings. The van der Waals surface area contributed by atoms with E-state index in [1.807, 2.05) is 46.2 Å². The van der Waals surface area contributed by atoms with Gasteiger partial charge in [-0.15, -0.1) is 0 Å². The number of ether oxygens (including phenoxy) is 5. The lowest BCUT2D eigenvalue weighted by Gasteiger charge is -2.30. The molecular formula is C32H45N3O8. The fourth-order valence-electron chi connectivity index (χ4n) is 6.01. The van der Waals surface area contributed by atoms with Gasteiger partial charge in [-0.05, 0) is 62.1 Å². The molecule has 1 fully saturated rings. The summed E-state index contributed by atoms with van der Waals surface area (Å²) in [5.74, 6) is 0.574. The molecular weight excluding hydrogens is 554 g/mol. The number of likely N-dealkylation sites (tertiary alicyclic amines) is 1. The molecule has 11 nitrogen and oxygen atoms in total. The SMILES string of the molecule is CCCCN(CCCCN)C(=O)CN1CC(c2cc(OC)c3c(c2)OCO3)C(C(=O)O)C1CCOc1ccccc1OC. The van der Waals surface area contributed by atoms with Gasteiger partial charge in [0.15, 0.2) is 23.0 Å². The van der Waals surface area contributed by atoms with E-state index in [4.69, 9.17) is 29.4 Å². The zero-order valence-electron chi connectivity index (χ0n) is 25.5. The van der Waals surface area contributed by atoms with Crippen LogP contribution < -0.4 is 29.4 Å². The number of fused-ring (bicyclic) bond motifs is 1. The number of para-hydroxylation sites is 2. The summed E-state index contributed by atoms with van der Waals surface area (Å²) in [5.41, 5.74) is 6.47. The van der Waals surface area contributed by atoms with Crippen molar-refractivity contribution in [1.29, 1.82) is 0 Å². The fourth-order valence-corrected chi connectivity index (χ4v) is 6.01. The Labute approximate surface area is 253 Å². The van der Waals surface area contributed by atoms with E-state index >= 15 is 0 Å². The lowest BCUT2D eigenvalue weighted by Crippen LogP contribution is -2.45. The van der Waals surface area contributed by atoms with Gasteiger partial charge in [-0.3, -0.25) is 14.5 Å². The minimum Gasteiger partial charge on any atom is -0.493 e. The van der Waals surface area contributed by atoms with E-state index < -0.39 is 23.8 Å². The average Bonchev–Trinajstić information content (AvgIpc) is 3.63. The highest BCUT2D eigenvalue weighted by molar-refractivity contribution is 5.79. The maximum atomic E-state index is 13.7. The Morgan fingerprint density at radius 3 is 2.49 bits per heavy atom. The molecule has 3 atom stereocenters. The van der Waals surface area contributed by atoms with E-state index in [-0.39, 0.29) is 25.9 Å². The van der Waals surface area contributed by atoms with Crippen LogP contribution in [0.15, 0.2) is 36.4 Å². The highest BCUT2D eigenvalue weighted by Crippen LogP contribution is 2.47. The lowest BCUT2D eigenvalue weighted by atomic mass is 9.84. The lowest BCUT2D eigenvalue weighted by molar-refractivity contribution is -0.144. The summed E-state index contributed by atoms with van der Waals surface area (Å²) >= 11 is 0. The van der Waals surface area contributed by atoms with Crippen molar-refractivity contribution >= 4 is 11.9 Å². The van der Waals surface area contributed by atoms with Crippen LogP contribution in [0.2, 0.25) is 0 Å². The second-order valence-electron chi connectivity index (χ2n) is 10.9. The van der Waals surface area contributed by atoms with Crippen molar-refractivity contribution in [1.82, 2.24) is 9.80 Å². The van der Waals surface area contributed by atoms with Crippen LogP contribution in [0.5, 0.6) is 28.7 Å². The third-order valence-corrected chi connectivity index (χ3v) is 8.24. The van der Waals surface area contributed by atoms with Crippen LogP contribution in [0.4, 0.5) is 0 Å². The first kappa shape index (κ1) is 32.2. The van der Waals surface area contributed by atoms with Crippen LogP contribution in [0.25, 0.3) is 0 Å². The van der Waals surface area contributed by atoms with E-state index in [0.29, 0.717) is 61.3 Å². The van der Waals surface area contributed by atoms with Gasteiger partial charge in [-0.2, -0.15) is 0 Å². The van der Waals surface area contributed by atoms with Gasteiger partial charge in [0.2, 0.25) is 18.4 Å². The molecule has 3 N–H and O–H groups in total. The molecule has 0 radical (unpaired) electrons. The Morgan fingerprint density at radius 2 is 1.79 bits per heavy atom. The van der Waals surface area contributed by atoms with Gasteiger partial charge in [0.05, 0.1) is 33.3 Å². The molecule has 2 heterocycles. The second-order valence-corrected chi connectivity index (χ2v) is 10.9. The van der Waals surface area contributed by atoms with Crippen molar-refractivity contribution in [2.75, 3.05) is 60.3 Å². The summed E-state index contributed by atoms with van der Waals surface area (Å²) in [4.78, 5) is 30.5. The Hall–Kier alpha value is -3.70. The summed E-state index contributed by atoms with van der Waals surface area (Å²) in [5, 5.41) is 10.6. The van der Waals surface area contributed by atoms with Crippen LogP contribution in [0.3, 0.4) is 0 Å². The molecule has 3 unspecified atom stereocenters. The molecule has 2 aliphatic heterocycles. The van der Waals surface area contributed by atoms with Gasteiger partial charge < -0.3 is 39.4 Å². The molecule has 0 spiro atoms. The first-order valence-electron chi connectivity index (χ1n) is 15.1. The van der Waals surface area contributed by atoms with Crippen LogP contribution in [0.1, 0.15) is 50.5 Å². The number of hydrogen-bond acceptors (Lipinski definition) is 9. The van der Waals surface area contributed by atoms with Crippen molar-refractivity contribution in [3.05, 3.63) is 42.0 Å². The minimum atomic E-state index is -0.926. The van der Waals surface area contributed by atoms with Gasteiger partial charge >= 0.3 is 5.97 Å². The Balaban J connectivity index is 1.61. The molecule has 0 saturated carbocycles. The topological polar surface area (TPSA) is 133 Å².